The molecular weight excluding hydrogens is 459 g/mol. The minimum absolute atomic E-state index is 0.0847. The van der Waals surface area contributed by atoms with Gasteiger partial charge in [0.25, 0.3) is 0 Å². The van der Waals surface area contributed by atoms with Crippen LogP contribution in [0.3, 0.4) is 0 Å². The summed E-state index contributed by atoms with van der Waals surface area (Å²) in [5.41, 5.74) is 2.50. The fourth-order valence-electron chi connectivity index (χ4n) is 3.40. The predicted molar refractivity (Wildman–Crippen MR) is 129 cm³/mol. The number of hydrogen-bond donors (Lipinski definition) is 0. The van der Waals surface area contributed by atoms with Crippen LogP contribution in [0.5, 0.6) is 11.5 Å². The van der Waals surface area contributed by atoms with Gasteiger partial charge in [-0.25, -0.2) is 4.98 Å². The van der Waals surface area contributed by atoms with Crippen molar-refractivity contribution in [2.75, 3.05) is 0 Å². The minimum atomic E-state index is -0.474. The average molecular weight is 475 g/mol. The highest BCUT2D eigenvalue weighted by Crippen LogP contribution is 2.29. The summed E-state index contributed by atoms with van der Waals surface area (Å²) < 4.78 is 8.94. The molecule has 0 saturated carbocycles. The summed E-state index contributed by atoms with van der Waals surface area (Å²) in [6.45, 7) is 0. The van der Waals surface area contributed by atoms with Crippen LogP contribution in [0.1, 0.15) is 0 Å². The van der Waals surface area contributed by atoms with Gasteiger partial charge in [0.05, 0.1) is 23.2 Å². The van der Waals surface area contributed by atoms with E-state index in [4.69, 9.17) is 27.9 Å². The van der Waals surface area contributed by atoms with E-state index < -0.39 is 5.56 Å². The monoisotopic (exact) mass is 474 g/mol. The highest BCUT2D eigenvalue weighted by molar-refractivity contribution is 6.35. The minimum Gasteiger partial charge on any atom is -0.449 e. The lowest BCUT2D eigenvalue weighted by Gasteiger charge is -2.14. The Morgan fingerprint density at radius 3 is 2.30 bits per heavy atom. The van der Waals surface area contributed by atoms with E-state index in [9.17, 15) is 4.79 Å². The number of hydrogen-bond acceptors (Lipinski definition) is 4. The first-order valence-electron chi connectivity index (χ1n) is 9.99. The maximum Gasteiger partial charge on any atom is 0.316 e. The van der Waals surface area contributed by atoms with Crippen molar-refractivity contribution >= 4 is 23.2 Å². The van der Waals surface area contributed by atoms with Crippen molar-refractivity contribution in [1.29, 1.82) is 0 Å². The number of benzene rings is 3. The first-order chi connectivity index (χ1) is 16.1. The number of imidazole rings is 1. The zero-order chi connectivity index (χ0) is 22.8. The predicted octanol–water partition coefficient (Wildman–Crippen LogP) is 6.18. The van der Waals surface area contributed by atoms with Crippen LogP contribution in [0.4, 0.5) is 0 Å². The Kier molecular flexibility index (Phi) is 5.69. The molecule has 0 aliphatic carbocycles. The molecule has 33 heavy (non-hydrogen) atoms. The highest BCUT2D eigenvalue weighted by Gasteiger charge is 2.18. The molecule has 0 N–H and O–H groups in total. The van der Waals surface area contributed by atoms with Gasteiger partial charge < -0.3 is 9.30 Å². The van der Waals surface area contributed by atoms with Crippen LogP contribution in [-0.4, -0.2) is 19.3 Å². The molecule has 3 aromatic carbocycles. The topological polar surface area (TPSA) is 61.9 Å². The molecule has 0 aliphatic rings. The zero-order valence-electron chi connectivity index (χ0n) is 17.1. The summed E-state index contributed by atoms with van der Waals surface area (Å²) >= 11 is 12.3. The van der Waals surface area contributed by atoms with E-state index in [1.807, 2.05) is 54.6 Å². The third-order valence-electron chi connectivity index (χ3n) is 5.02. The van der Waals surface area contributed by atoms with E-state index in [0.717, 1.165) is 11.1 Å². The second-order valence-corrected chi connectivity index (χ2v) is 7.98. The normalized spacial score (nSPS) is 10.8. The highest BCUT2D eigenvalue weighted by atomic mass is 35.5. The molecule has 0 spiro atoms. The van der Waals surface area contributed by atoms with Crippen LogP contribution >= 0.6 is 23.2 Å². The van der Waals surface area contributed by atoms with E-state index in [-0.39, 0.29) is 5.75 Å². The van der Waals surface area contributed by atoms with E-state index in [0.29, 0.717) is 27.2 Å². The maximum atomic E-state index is 13.5. The number of ether oxygens (including phenoxy) is 1. The van der Waals surface area contributed by atoms with Gasteiger partial charge in [-0.3, -0.25) is 4.79 Å². The third-order valence-corrected chi connectivity index (χ3v) is 5.55. The summed E-state index contributed by atoms with van der Waals surface area (Å²) in [6, 6.07) is 22.4. The molecule has 0 radical (unpaired) electrons. The Bertz CT molecular complexity index is 1470. The molecule has 0 unspecified atom stereocenters. The molecule has 6 nitrogen and oxygen atoms in total. The Morgan fingerprint density at radius 2 is 1.61 bits per heavy atom. The lowest BCUT2D eigenvalue weighted by Crippen LogP contribution is -2.24. The van der Waals surface area contributed by atoms with Crippen molar-refractivity contribution in [3.8, 4) is 34.0 Å². The summed E-state index contributed by atoms with van der Waals surface area (Å²) in [7, 11) is 0. The largest absolute Gasteiger partial charge is 0.449 e. The van der Waals surface area contributed by atoms with Crippen LogP contribution in [0.15, 0.2) is 103 Å². The average Bonchev–Trinajstić information content (AvgIpc) is 3.37. The number of nitrogens with zero attached hydrogens (tertiary/aromatic N) is 4. The third kappa shape index (κ3) is 4.26. The van der Waals surface area contributed by atoms with Gasteiger partial charge in [-0.2, -0.15) is 9.78 Å². The standard InChI is InChI=1S/C25H16Cl2N4O2/c26-19-8-11-22(21(27)14-19)31-25(32)24(23(15-29-31)30-13-12-28-16-30)33-20-9-6-18(7-10-20)17-4-2-1-3-5-17/h1-16H. The van der Waals surface area contributed by atoms with E-state index >= 15 is 0 Å². The van der Waals surface area contributed by atoms with E-state index in [1.165, 1.54) is 10.9 Å². The van der Waals surface area contributed by atoms with Crippen LogP contribution in [-0.2, 0) is 0 Å². The smallest absolute Gasteiger partial charge is 0.316 e. The molecule has 0 saturated heterocycles. The molecule has 0 aliphatic heterocycles. The van der Waals surface area contributed by atoms with Crippen molar-refractivity contribution in [2.24, 2.45) is 0 Å². The molecule has 2 aromatic heterocycles. The zero-order valence-corrected chi connectivity index (χ0v) is 18.6. The fourth-order valence-corrected chi connectivity index (χ4v) is 3.89. The Balaban J connectivity index is 1.58. The van der Waals surface area contributed by atoms with Crippen LogP contribution < -0.4 is 10.3 Å². The van der Waals surface area contributed by atoms with Gasteiger partial charge in [-0.1, -0.05) is 65.7 Å². The summed E-state index contributed by atoms with van der Waals surface area (Å²) in [4.78, 5) is 17.5. The van der Waals surface area contributed by atoms with Gasteiger partial charge in [0.15, 0.2) is 0 Å². The molecule has 0 atom stereocenters. The first kappa shape index (κ1) is 21.0. The quantitative estimate of drug-likeness (QED) is 0.304. The molecular formula is C25H16Cl2N4O2. The molecule has 0 amide bonds. The fraction of sp³-hybridized carbons (Fsp3) is 0. The van der Waals surface area contributed by atoms with E-state index in [2.05, 4.69) is 10.1 Å². The summed E-state index contributed by atoms with van der Waals surface area (Å²) in [6.07, 6.45) is 6.42. The molecule has 8 heteroatoms. The Morgan fingerprint density at radius 1 is 0.848 bits per heavy atom. The van der Waals surface area contributed by atoms with E-state index in [1.54, 1.807) is 41.5 Å². The van der Waals surface area contributed by atoms with Gasteiger partial charge in [-0.15, -0.1) is 0 Å². The first-order valence-corrected chi connectivity index (χ1v) is 10.8. The molecule has 162 valence electrons. The number of aromatic nitrogens is 4. The van der Waals surface area contributed by atoms with Crippen LogP contribution in [0.25, 0.3) is 22.5 Å². The lowest BCUT2D eigenvalue weighted by atomic mass is 10.1. The molecule has 5 rings (SSSR count). The maximum absolute atomic E-state index is 13.5. The number of halogens is 2. The molecule has 5 aromatic rings. The molecule has 2 heterocycles. The SMILES string of the molecule is O=c1c(Oc2ccc(-c3ccccc3)cc2)c(-n2ccnc2)cnn1-c1ccc(Cl)cc1Cl. The van der Waals surface area contributed by atoms with Gasteiger partial charge in [0.2, 0.25) is 5.75 Å². The van der Waals surface area contributed by atoms with Crippen molar-refractivity contribution in [1.82, 2.24) is 19.3 Å². The van der Waals surface area contributed by atoms with Crippen LogP contribution in [0.2, 0.25) is 10.0 Å². The Hall–Kier alpha value is -3.87. The van der Waals surface area contributed by atoms with Gasteiger partial charge in [0, 0.05) is 17.4 Å². The molecule has 0 fully saturated rings. The van der Waals surface area contributed by atoms with Crippen LogP contribution in [0, 0.1) is 0 Å². The van der Waals surface area contributed by atoms with Gasteiger partial charge in [0.1, 0.15) is 11.4 Å². The van der Waals surface area contributed by atoms with Crippen molar-refractivity contribution in [3.63, 3.8) is 0 Å². The Labute approximate surface area is 199 Å². The van der Waals surface area contributed by atoms with Gasteiger partial charge >= 0.3 is 5.56 Å². The summed E-state index contributed by atoms with van der Waals surface area (Å²) in [5.74, 6) is 0.592. The number of rotatable bonds is 5. The van der Waals surface area contributed by atoms with Crippen molar-refractivity contribution in [2.45, 2.75) is 0 Å². The summed E-state index contributed by atoms with van der Waals surface area (Å²) in [5, 5.41) is 5.06. The second kappa shape index (κ2) is 8.94. The van der Waals surface area contributed by atoms with Crippen molar-refractivity contribution < 1.29 is 4.74 Å². The van der Waals surface area contributed by atoms with Crippen molar-refractivity contribution in [3.05, 3.63) is 118 Å². The lowest BCUT2D eigenvalue weighted by molar-refractivity contribution is 0.464. The second-order valence-electron chi connectivity index (χ2n) is 7.13. The van der Waals surface area contributed by atoms with Gasteiger partial charge in [-0.05, 0) is 41.5 Å². The molecule has 0 bridgehead atoms.